The van der Waals surface area contributed by atoms with Gasteiger partial charge in [-0.1, -0.05) is 40.2 Å². The lowest BCUT2D eigenvalue weighted by atomic mass is 10.1. The Kier molecular flexibility index (Phi) is 5.00. The first-order chi connectivity index (χ1) is 9.94. The number of nitrogen functional groups attached to an aromatic ring is 1. The second kappa shape index (κ2) is 6.57. The average Bonchev–Trinajstić information content (AvgIpc) is 2.47. The number of anilines is 1. The Morgan fingerprint density at radius 3 is 2.33 bits per heavy atom. The van der Waals surface area contributed by atoms with Crippen LogP contribution < -0.4 is 16.0 Å². The van der Waals surface area contributed by atoms with Crippen LogP contribution in [-0.4, -0.2) is 8.42 Å². The predicted molar refractivity (Wildman–Crippen MR) is 87.1 cm³/mol. The van der Waals surface area contributed by atoms with Crippen molar-refractivity contribution in [1.29, 1.82) is 0 Å². The molecule has 0 aliphatic rings. The van der Waals surface area contributed by atoms with Gasteiger partial charge in [-0.05, 0) is 36.8 Å². The molecule has 0 fully saturated rings. The number of nitrogens with two attached hydrogens (primary N) is 1. The number of sulfonamides is 1. The van der Waals surface area contributed by atoms with E-state index in [2.05, 4.69) is 26.1 Å². The predicted octanol–water partition coefficient (Wildman–Crippen LogP) is 2.77. The average molecular weight is 370 g/mol. The highest BCUT2D eigenvalue weighted by Gasteiger charge is 2.21. The van der Waals surface area contributed by atoms with Gasteiger partial charge in [-0.2, -0.15) is 0 Å². The van der Waals surface area contributed by atoms with Gasteiger partial charge in [0.25, 0.3) is 0 Å². The highest BCUT2D eigenvalue weighted by atomic mass is 79.9. The lowest BCUT2D eigenvalue weighted by molar-refractivity contribution is 0.567. The molecule has 0 heterocycles. The van der Waals surface area contributed by atoms with Gasteiger partial charge in [0, 0.05) is 10.5 Å². The van der Waals surface area contributed by atoms with Gasteiger partial charge in [0.2, 0.25) is 10.0 Å². The van der Waals surface area contributed by atoms with Crippen molar-refractivity contribution in [3.05, 3.63) is 58.6 Å². The first kappa shape index (κ1) is 16.0. The number of hydrogen-bond acceptors (Lipinski definition) is 4. The molecule has 0 aliphatic heterocycles. The lowest BCUT2D eigenvalue weighted by Gasteiger charge is -2.16. The standard InChI is InChI=1S/C14H16BrN3O2S/c1-10(11-6-8-12(15)9-7-11)18-21(19,20)14-5-3-2-4-13(14)17-16/h2-10,17-18H,16H2,1H3. The second-order valence-corrected chi connectivity index (χ2v) is 7.13. The van der Waals surface area contributed by atoms with Gasteiger partial charge in [-0.15, -0.1) is 0 Å². The third-order valence-corrected chi connectivity index (χ3v) is 5.16. The second-order valence-electron chi connectivity index (χ2n) is 4.54. The summed E-state index contributed by atoms with van der Waals surface area (Å²) < 4.78 is 28.5. The van der Waals surface area contributed by atoms with Crippen LogP contribution in [0, 0.1) is 0 Å². The zero-order chi connectivity index (χ0) is 15.5. The number of hydrogen-bond donors (Lipinski definition) is 3. The molecule has 2 rings (SSSR count). The Morgan fingerprint density at radius 2 is 1.71 bits per heavy atom. The van der Waals surface area contributed by atoms with Crippen LogP contribution in [0.5, 0.6) is 0 Å². The third kappa shape index (κ3) is 3.82. The number of hydrazine groups is 1. The molecule has 112 valence electrons. The van der Waals surface area contributed by atoms with E-state index < -0.39 is 10.0 Å². The maximum atomic E-state index is 12.4. The number of benzene rings is 2. The van der Waals surface area contributed by atoms with Gasteiger partial charge in [0.05, 0.1) is 5.69 Å². The summed E-state index contributed by atoms with van der Waals surface area (Å²) in [4.78, 5) is 0.122. The van der Waals surface area contributed by atoms with Crippen LogP contribution in [0.3, 0.4) is 0 Å². The first-order valence-corrected chi connectivity index (χ1v) is 8.55. The third-order valence-electron chi connectivity index (χ3n) is 3.03. The molecule has 0 aromatic heterocycles. The van der Waals surface area contributed by atoms with Crippen LogP contribution in [0.25, 0.3) is 0 Å². The Balaban J connectivity index is 2.26. The van der Waals surface area contributed by atoms with Crippen LogP contribution in [0.2, 0.25) is 0 Å². The van der Waals surface area contributed by atoms with Gasteiger partial charge in [0.15, 0.2) is 0 Å². The van der Waals surface area contributed by atoms with Crippen molar-refractivity contribution >= 4 is 31.6 Å². The molecule has 0 bridgehead atoms. The highest BCUT2D eigenvalue weighted by Crippen LogP contribution is 2.23. The zero-order valence-electron chi connectivity index (χ0n) is 11.4. The van der Waals surface area contributed by atoms with E-state index in [4.69, 9.17) is 5.84 Å². The molecule has 1 unspecified atom stereocenters. The molecule has 0 radical (unpaired) electrons. The topological polar surface area (TPSA) is 84.2 Å². The van der Waals surface area contributed by atoms with Crippen LogP contribution in [0.1, 0.15) is 18.5 Å². The summed E-state index contributed by atoms with van der Waals surface area (Å²) in [6.07, 6.45) is 0. The van der Waals surface area contributed by atoms with Crippen LogP contribution in [0.4, 0.5) is 5.69 Å². The Hall–Kier alpha value is -1.41. The van der Waals surface area contributed by atoms with E-state index in [0.717, 1.165) is 10.0 Å². The van der Waals surface area contributed by atoms with Crippen molar-refractivity contribution in [3.8, 4) is 0 Å². The monoisotopic (exact) mass is 369 g/mol. The van der Waals surface area contributed by atoms with E-state index in [1.165, 1.54) is 6.07 Å². The SMILES string of the molecule is CC(NS(=O)(=O)c1ccccc1NN)c1ccc(Br)cc1. The van der Waals surface area contributed by atoms with Gasteiger partial charge < -0.3 is 5.43 Å². The quantitative estimate of drug-likeness (QED) is 0.558. The summed E-state index contributed by atoms with van der Waals surface area (Å²) in [7, 11) is -3.66. The van der Waals surface area contributed by atoms with Gasteiger partial charge >= 0.3 is 0 Å². The van der Waals surface area contributed by atoms with Crippen LogP contribution >= 0.6 is 15.9 Å². The largest absolute Gasteiger partial charge is 0.323 e. The normalized spacial score (nSPS) is 12.9. The van der Waals surface area contributed by atoms with Crippen LogP contribution in [-0.2, 0) is 10.0 Å². The Bertz CT molecular complexity index is 717. The molecule has 0 spiro atoms. The van der Waals surface area contributed by atoms with E-state index in [0.29, 0.717) is 5.69 Å². The highest BCUT2D eigenvalue weighted by molar-refractivity contribution is 9.10. The van der Waals surface area contributed by atoms with Crippen molar-refractivity contribution in [2.75, 3.05) is 5.43 Å². The summed E-state index contributed by atoms with van der Waals surface area (Å²) in [5.41, 5.74) is 3.63. The minimum Gasteiger partial charge on any atom is -0.323 e. The van der Waals surface area contributed by atoms with E-state index >= 15 is 0 Å². The van der Waals surface area contributed by atoms with Gasteiger partial charge in [-0.25, -0.2) is 13.1 Å². The number of rotatable bonds is 5. The van der Waals surface area contributed by atoms with E-state index in [9.17, 15) is 8.42 Å². The maximum absolute atomic E-state index is 12.4. The van der Waals surface area contributed by atoms with E-state index in [1.54, 1.807) is 25.1 Å². The fourth-order valence-electron chi connectivity index (χ4n) is 1.94. The van der Waals surface area contributed by atoms with E-state index in [1.807, 2.05) is 24.3 Å². The molecule has 0 saturated heterocycles. The Morgan fingerprint density at radius 1 is 1.10 bits per heavy atom. The molecule has 2 aromatic rings. The van der Waals surface area contributed by atoms with Gasteiger partial charge in [0.1, 0.15) is 4.90 Å². The first-order valence-electron chi connectivity index (χ1n) is 6.27. The molecular weight excluding hydrogens is 354 g/mol. The molecule has 2 aromatic carbocycles. The number of nitrogens with one attached hydrogen (secondary N) is 2. The molecule has 0 amide bonds. The molecule has 5 nitrogen and oxygen atoms in total. The smallest absolute Gasteiger partial charge is 0.243 e. The van der Waals surface area contributed by atoms with Gasteiger partial charge in [-0.3, -0.25) is 5.84 Å². The summed E-state index contributed by atoms with van der Waals surface area (Å²) in [6, 6.07) is 13.6. The zero-order valence-corrected chi connectivity index (χ0v) is 13.8. The number of para-hydroxylation sites is 1. The Labute approximate surface area is 132 Å². The van der Waals surface area contributed by atoms with Crippen molar-refractivity contribution < 1.29 is 8.42 Å². The van der Waals surface area contributed by atoms with Crippen molar-refractivity contribution in [2.45, 2.75) is 17.9 Å². The minimum atomic E-state index is -3.66. The van der Waals surface area contributed by atoms with Crippen molar-refractivity contribution in [1.82, 2.24) is 4.72 Å². The fourth-order valence-corrected chi connectivity index (χ4v) is 3.60. The van der Waals surface area contributed by atoms with Crippen LogP contribution in [0.15, 0.2) is 57.9 Å². The summed E-state index contributed by atoms with van der Waals surface area (Å²) in [5.74, 6) is 5.36. The molecule has 0 saturated carbocycles. The lowest BCUT2D eigenvalue weighted by Crippen LogP contribution is -2.28. The summed E-state index contributed by atoms with van der Waals surface area (Å²) >= 11 is 3.35. The van der Waals surface area contributed by atoms with Crippen molar-refractivity contribution in [3.63, 3.8) is 0 Å². The fraction of sp³-hybridized carbons (Fsp3) is 0.143. The molecule has 0 aliphatic carbocycles. The molecule has 4 N–H and O–H groups in total. The van der Waals surface area contributed by atoms with Crippen molar-refractivity contribution in [2.24, 2.45) is 5.84 Å². The number of halogens is 1. The molecule has 1 atom stereocenters. The van der Waals surface area contributed by atoms with E-state index in [-0.39, 0.29) is 10.9 Å². The summed E-state index contributed by atoms with van der Waals surface area (Å²) in [6.45, 7) is 1.79. The maximum Gasteiger partial charge on any atom is 0.243 e. The molecule has 7 heteroatoms. The molecular formula is C14H16BrN3O2S. The minimum absolute atomic E-state index is 0.122. The molecule has 21 heavy (non-hydrogen) atoms. The summed E-state index contributed by atoms with van der Waals surface area (Å²) in [5, 5.41) is 0.